The summed E-state index contributed by atoms with van der Waals surface area (Å²) in [6.45, 7) is 0. The number of rotatable bonds is 3. The van der Waals surface area contributed by atoms with E-state index in [2.05, 4.69) is 37.2 Å². The van der Waals surface area contributed by atoms with Gasteiger partial charge in [0.25, 0.3) is 0 Å². The Morgan fingerprint density at radius 3 is 2.35 bits per heavy atom. The molecule has 0 fully saturated rings. The molecule has 1 aromatic carbocycles. The predicted molar refractivity (Wildman–Crippen MR) is 82.1 cm³/mol. The summed E-state index contributed by atoms with van der Waals surface area (Å²) < 4.78 is 39.8. The van der Waals surface area contributed by atoms with Gasteiger partial charge in [-0.3, -0.25) is 0 Å². The smallest absolute Gasteiger partial charge is 0.309 e. The maximum absolute atomic E-state index is 13.0. The fourth-order valence-electron chi connectivity index (χ4n) is 1.94. The van der Waals surface area contributed by atoms with Crippen LogP contribution in [0.3, 0.4) is 0 Å². The standard InChI is InChI=1S/C13H10Br2F3NS/c1-19-12(8-5-20-6-11(8)15)7-2-3-10(14)9(4-7)13(16,17)18/h2-6,12,19H,1H3. The molecule has 0 radical (unpaired) electrons. The average Bonchev–Trinajstić information content (AvgIpc) is 2.77. The van der Waals surface area contributed by atoms with Crippen molar-refractivity contribution in [2.45, 2.75) is 12.2 Å². The van der Waals surface area contributed by atoms with E-state index in [0.29, 0.717) is 5.56 Å². The molecule has 1 nitrogen and oxygen atoms in total. The zero-order chi connectivity index (χ0) is 14.9. The van der Waals surface area contributed by atoms with E-state index in [1.54, 1.807) is 13.1 Å². The van der Waals surface area contributed by atoms with Crippen LogP contribution in [-0.4, -0.2) is 7.05 Å². The average molecular weight is 429 g/mol. The Morgan fingerprint density at radius 1 is 1.15 bits per heavy atom. The summed E-state index contributed by atoms with van der Waals surface area (Å²) in [5, 5.41) is 6.88. The van der Waals surface area contributed by atoms with Gasteiger partial charge in [0, 0.05) is 14.3 Å². The van der Waals surface area contributed by atoms with Crippen LogP contribution in [0.5, 0.6) is 0 Å². The first-order chi connectivity index (χ1) is 9.34. The summed E-state index contributed by atoms with van der Waals surface area (Å²) in [6.07, 6.45) is -4.38. The molecule has 108 valence electrons. The van der Waals surface area contributed by atoms with Gasteiger partial charge in [-0.05, 0) is 51.6 Å². The Hall–Kier alpha value is -0.370. The number of benzene rings is 1. The molecule has 0 spiro atoms. The number of nitrogens with one attached hydrogen (secondary N) is 1. The molecule has 1 N–H and O–H groups in total. The Bertz CT molecular complexity index is 610. The van der Waals surface area contributed by atoms with Gasteiger partial charge in [0.1, 0.15) is 0 Å². The molecule has 1 heterocycles. The lowest BCUT2D eigenvalue weighted by Crippen LogP contribution is -2.18. The van der Waals surface area contributed by atoms with Crippen LogP contribution >= 0.6 is 43.2 Å². The molecule has 0 saturated carbocycles. The molecule has 0 bridgehead atoms. The molecule has 1 aromatic heterocycles. The summed E-state index contributed by atoms with van der Waals surface area (Å²) in [4.78, 5) is 0. The number of hydrogen-bond acceptors (Lipinski definition) is 2. The molecule has 0 saturated heterocycles. The van der Waals surface area contributed by atoms with Gasteiger partial charge < -0.3 is 5.32 Å². The minimum atomic E-state index is -4.38. The first-order valence-corrected chi connectivity index (χ1v) is 8.13. The van der Waals surface area contributed by atoms with Gasteiger partial charge in [0.05, 0.1) is 11.6 Å². The van der Waals surface area contributed by atoms with Gasteiger partial charge in [-0.2, -0.15) is 24.5 Å². The van der Waals surface area contributed by atoms with Crippen LogP contribution in [0.25, 0.3) is 0 Å². The molecule has 0 aliphatic rings. The van der Waals surface area contributed by atoms with Crippen molar-refractivity contribution in [1.29, 1.82) is 0 Å². The third kappa shape index (κ3) is 3.27. The molecule has 0 amide bonds. The molecule has 0 aliphatic heterocycles. The van der Waals surface area contributed by atoms with Crippen molar-refractivity contribution < 1.29 is 13.2 Å². The molecule has 7 heteroatoms. The van der Waals surface area contributed by atoms with Gasteiger partial charge in [0.15, 0.2) is 0 Å². The fraction of sp³-hybridized carbons (Fsp3) is 0.231. The SMILES string of the molecule is CNC(c1ccc(Br)c(C(F)(F)F)c1)c1cscc1Br. The van der Waals surface area contributed by atoms with Crippen LogP contribution < -0.4 is 5.32 Å². The van der Waals surface area contributed by atoms with Crippen molar-refractivity contribution in [3.05, 3.63) is 54.6 Å². The van der Waals surface area contributed by atoms with Gasteiger partial charge in [-0.15, -0.1) is 0 Å². The minimum absolute atomic E-state index is 0.0491. The predicted octanol–water partition coefficient (Wildman–Crippen LogP) is 5.60. The molecular formula is C13H10Br2F3NS. The molecule has 1 atom stereocenters. The third-order valence-electron chi connectivity index (χ3n) is 2.87. The zero-order valence-corrected chi connectivity index (χ0v) is 14.3. The summed E-state index contributed by atoms with van der Waals surface area (Å²) in [7, 11) is 1.73. The lowest BCUT2D eigenvalue weighted by molar-refractivity contribution is -0.138. The van der Waals surface area contributed by atoms with E-state index in [0.717, 1.165) is 10.0 Å². The third-order valence-corrected chi connectivity index (χ3v) is 5.31. The number of hydrogen-bond donors (Lipinski definition) is 1. The van der Waals surface area contributed by atoms with Crippen molar-refractivity contribution in [2.75, 3.05) is 7.05 Å². The van der Waals surface area contributed by atoms with Gasteiger partial charge in [-0.1, -0.05) is 22.0 Å². The molecule has 20 heavy (non-hydrogen) atoms. The summed E-state index contributed by atoms with van der Waals surface area (Å²) in [6, 6.07) is 4.01. The Labute approximate surface area is 135 Å². The molecule has 2 aromatic rings. The van der Waals surface area contributed by atoms with Crippen molar-refractivity contribution in [1.82, 2.24) is 5.32 Å². The second-order valence-electron chi connectivity index (χ2n) is 4.13. The summed E-state index contributed by atoms with van der Waals surface area (Å²) in [5.41, 5.74) is 0.830. The highest BCUT2D eigenvalue weighted by molar-refractivity contribution is 9.10. The quantitative estimate of drug-likeness (QED) is 0.670. The molecule has 1 unspecified atom stereocenters. The van der Waals surface area contributed by atoms with E-state index in [1.165, 1.54) is 23.5 Å². The van der Waals surface area contributed by atoms with E-state index < -0.39 is 11.7 Å². The van der Waals surface area contributed by atoms with Gasteiger partial charge >= 0.3 is 6.18 Å². The summed E-state index contributed by atoms with van der Waals surface area (Å²) in [5.74, 6) is 0. The van der Waals surface area contributed by atoms with Crippen LogP contribution in [0.2, 0.25) is 0 Å². The Kier molecular flexibility index (Phi) is 4.94. The van der Waals surface area contributed by atoms with Crippen LogP contribution in [0.4, 0.5) is 13.2 Å². The summed E-state index contributed by atoms with van der Waals surface area (Å²) >= 11 is 7.87. The maximum Gasteiger partial charge on any atom is 0.417 e. The number of alkyl halides is 3. The number of halogens is 5. The molecule has 2 rings (SSSR count). The van der Waals surface area contributed by atoms with E-state index >= 15 is 0 Å². The largest absolute Gasteiger partial charge is 0.417 e. The van der Waals surface area contributed by atoms with Crippen LogP contribution in [0, 0.1) is 0 Å². The highest BCUT2D eigenvalue weighted by Gasteiger charge is 2.33. The lowest BCUT2D eigenvalue weighted by Gasteiger charge is -2.19. The Morgan fingerprint density at radius 2 is 1.85 bits per heavy atom. The van der Waals surface area contributed by atoms with Crippen molar-refractivity contribution >= 4 is 43.2 Å². The first kappa shape index (κ1) is 16.0. The van der Waals surface area contributed by atoms with Crippen LogP contribution in [-0.2, 0) is 6.18 Å². The van der Waals surface area contributed by atoms with Crippen LogP contribution in [0.1, 0.15) is 22.7 Å². The maximum atomic E-state index is 13.0. The zero-order valence-electron chi connectivity index (χ0n) is 10.3. The van der Waals surface area contributed by atoms with E-state index in [1.807, 2.05) is 10.8 Å². The highest BCUT2D eigenvalue weighted by atomic mass is 79.9. The highest BCUT2D eigenvalue weighted by Crippen LogP contribution is 2.38. The van der Waals surface area contributed by atoms with Crippen LogP contribution in [0.15, 0.2) is 37.9 Å². The molecular weight excluding hydrogens is 419 g/mol. The lowest BCUT2D eigenvalue weighted by atomic mass is 9.99. The normalized spacial score (nSPS) is 13.5. The fourth-order valence-corrected chi connectivity index (χ4v) is 3.96. The van der Waals surface area contributed by atoms with Crippen molar-refractivity contribution in [3.63, 3.8) is 0 Å². The van der Waals surface area contributed by atoms with E-state index in [4.69, 9.17) is 0 Å². The minimum Gasteiger partial charge on any atom is -0.309 e. The topological polar surface area (TPSA) is 12.0 Å². The van der Waals surface area contributed by atoms with Crippen molar-refractivity contribution in [2.24, 2.45) is 0 Å². The number of thiophene rings is 1. The van der Waals surface area contributed by atoms with E-state index in [9.17, 15) is 13.2 Å². The first-order valence-electron chi connectivity index (χ1n) is 5.60. The second-order valence-corrected chi connectivity index (χ2v) is 6.59. The van der Waals surface area contributed by atoms with Gasteiger partial charge in [-0.25, -0.2) is 0 Å². The van der Waals surface area contributed by atoms with E-state index in [-0.39, 0.29) is 10.5 Å². The monoisotopic (exact) mass is 427 g/mol. The molecule has 0 aliphatic carbocycles. The van der Waals surface area contributed by atoms with Crippen molar-refractivity contribution in [3.8, 4) is 0 Å². The second kappa shape index (κ2) is 6.17. The van der Waals surface area contributed by atoms with Gasteiger partial charge in [0.2, 0.25) is 0 Å². The Balaban J connectivity index is 2.49.